The van der Waals surface area contributed by atoms with Gasteiger partial charge in [0.05, 0.1) is 12.7 Å². The summed E-state index contributed by atoms with van der Waals surface area (Å²) in [5.74, 6) is 0. The van der Waals surface area contributed by atoms with Crippen LogP contribution in [-0.2, 0) is 4.74 Å². The molecular formula is C11H16N2O4S. The van der Waals surface area contributed by atoms with Crippen molar-refractivity contribution in [1.29, 1.82) is 0 Å². The van der Waals surface area contributed by atoms with Crippen molar-refractivity contribution in [2.45, 2.75) is 38.2 Å². The van der Waals surface area contributed by atoms with Gasteiger partial charge in [0.1, 0.15) is 11.8 Å². The van der Waals surface area contributed by atoms with E-state index in [1.165, 1.54) is 0 Å². The van der Waals surface area contributed by atoms with Gasteiger partial charge in [-0.25, -0.2) is 0 Å². The standard InChI is InChI=1S/C11H16N2O4S/c1-6-4-13(10(18)12-9(6)16)8-3-7(15)11(2,5-14)17-8/h4,7-8,14-15H,3,5H2,1-2H3,(H,12,16,18)/t7-,8+,11+/m0/s1. The SMILES string of the molecule is Cc1cn([C@H]2C[C@H](O)[C@@](C)(CO)O2)c(=S)[nH]c1=O. The zero-order valence-corrected chi connectivity index (χ0v) is 11.0. The first-order chi connectivity index (χ1) is 8.37. The van der Waals surface area contributed by atoms with Crippen molar-refractivity contribution in [2.75, 3.05) is 6.61 Å². The Morgan fingerprint density at radius 3 is 2.94 bits per heavy atom. The van der Waals surface area contributed by atoms with E-state index in [-0.39, 0.29) is 16.9 Å². The third kappa shape index (κ3) is 2.14. The number of aliphatic hydroxyl groups excluding tert-OH is 2. The molecule has 1 aromatic heterocycles. The first kappa shape index (κ1) is 13.4. The molecule has 0 spiro atoms. The Morgan fingerprint density at radius 1 is 1.72 bits per heavy atom. The van der Waals surface area contributed by atoms with Crippen molar-refractivity contribution in [2.24, 2.45) is 0 Å². The molecule has 1 aliphatic rings. The highest BCUT2D eigenvalue weighted by molar-refractivity contribution is 7.71. The minimum Gasteiger partial charge on any atom is -0.393 e. The maximum Gasteiger partial charge on any atom is 0.254 e. The highest BCUT2D eigenvalue weighted by atomic mass is 32.1. The predicted octanol–water partition coefficient (Wildman–Crippen LogP) is 0.245. The van der Waals surface area contributed by atoms with Crippen molar-refractivity contribution in [1.82, 2.24) is 9.55 Å². The first-order valence-corrected chi connectivity index (χ1v) is 6.07. The number of rotatable bonds is 2. The summed E-state index contributed by atoms with van der Waals surface area (Å²) in [6.07, 6.45) is 0.653. The monoisotopic (exact) mass is 272 g/mol. The smallest absolute Gasteiger partial charge is 0.254 e. The summed E-state index contributed by atoms with van der Waals surface area (Å²) in [6, 6.07) is 0. The number of aromatic amines is 1. The Hall–Kier alpha value is -1.02. The Kier molecular flexibility index (Phi) is 3.41. The Labute approximate surface area is 109 Å². The Balaban J connectivity index is 2.38. The lowest BCUT2D eigenvalue weighted by Crippen LogP contribution is -2.39. The highest BCUT2D eigenvalue weighted by Gasteiger charge is 2.44. The summed E-state index contributed by atoms with van der Waals surface area (Å²) in [7, 11) is 0. The summed E-state index contributed by atoms with van der Waals surface area (Å²) >= 11 is 5.07. The molecule has 3 atom stereocenters. The average Bonchev–Trinajstić information content (AvgIpc) is 2.61. The quantitative estimate of drug-likeness (QED) is 0.672. The third-order valence-corrected chi connectivity index (χ3v) is 3.62. The van der Waals surface area contributed by atoms with Gasteiger partial charge in [0.2, 0.25) is 0 Å². The first-order valence-electron chi connectivity index (χ1n) is 5.66. The molecule has 6 nitrogen and oxygen atoms in total. The van der Waals surface area contributed by atoms with E-state index in [1.54, 1.807) is 24.6 Å². The average molecular weight is 272 g/mol. The number of nitrogens with zero attached hydrogens (tertiary/aromatic N) is 1. The maximum atomic E-state index is 11.4. The molecule has 2 rings (SSSR count). The van der Waals surface area contributed by atoms with Crippen LogP contribution < -0.4 is 5.56 Å². The lowest BCUT2D eigenvalue weighted by atomic mass is 10.0. The van der Waals surface area contributed by atoms with Gasteiger partial charge >= 0.3 is 0 Å². The maximum absolute atomic E-state index is 11.4. The molecule has 0 radical (unpaired) electrons. The van der Waals surface area contributed by atoms with Gasteiger partial charge in [-0.15, -0.1) is 0 Å². The molecule has 18 heavy (non-hydrogen) atoms. The van der Waals surface area contributed by atoms with Crippen LogP contribution in [0.3, 0.4) is 0 Å². The summed E-state index contributed by atoms with van der Waals surface area (Å²) < 4.78 is 7.48. The van der Waals surface area contributed by atoms with Crippen LogP contribution in [0.15, 0.2) is 11.0 Å². The van der Waals surface area contributed by atoms with E-state index in [0.29, 0.717) is 12.0 Å². The second-order valence-corrected chi connectivity index (χ2v) is 5.16. The van der Waals surface area contributed by atoms with Gasteiger partial charge in [0.15, 0.2) is 4.77 Å². The lowest BCUT2D eigenvalue weighted by Gasteiger charge is -2.25. The van der Waals surface area contributed by atoms with Crippen LogP contribution in [0.5, 0.6) is 0 Å². The van der Waals surface area contributed by atoms with Crippen LogP contribution in [0.1, 0.15) is 25.1 Å². The normalized spacial score (nSPS) is 31.8. The lowest BCUT2D eigenvalue weighted by molar-refractivity contribution is -0.116. The topological polar surface area (TPSA) is 87.5 Å². The van der Waals surface area contributed by atoms with Crippen molar-refractivity contribution in [3.63, 3.8) is 0 Å². The van der Waals surface area contributed by atoms with Gasteiger partial charge in [-0.1, -0.05) is 0 Å². The minimum absolute atomic E-state index is 0.236. The molecule has 0 saturated carbocycles. The minimum atomic E-state index is -0.997. The highest BCUT2D eigenvalue weighted by Crippen LogP contribution is 2.36. The summed E-state index contributed by atoms with van der Waals surface area (Å²) in [5.41, 5.74) is -0.720. The van der Waals surface area contributed by atoms with Crippen molar-refractivity contribution in [3.8, 4) is 0 Å². The van der Waals surface area contributed by atoms with E-state index in [1.807, 2.05) is 0 Å². The van der Waals surface area contributed by atoms with Crippen LogP contribution in [-0.4, -0.2) is 38.1 Å². The zero-order valence-electron chi connectivity index (χ0n) is 10.2. The van der Waals surface area contributed by atoms with Crippen LogP contribution in [0.25, 0.3) is 0 Å². The van der Waals surface area contributed by atoms with E-state index in [9.17, 15) is 15.0 Å². The molecule has 1 fully saturated rings. The molecule has 0 unspecified atom stereocenters. The molecule has 0 aliphatic carbocycles. The molecule has 0 aromatic carbocycles. The van der Waals surface area contributed by atoms with Gasteiger partial charge in [0, 0.05) is 18.2 Å². The molecule has 0 amide bonds. The van der Waals surface area contributed by atoms with Crippen molar-refractivity contribution < 1.29 is 14.9 Å². The summed E-state index contributed by atoms with van der Waals surface area (Å²) in [4.78, 5) is 13.9. The Morgan fingerprint density at radius 2 is 2.39 bits per heavy atom. The van der Waals surface area contributed by atoms with E-state index in [2.05, 4.69) is 4.98 Å². The van der Waals surface area contributed by atoms with Crippen LogP contribution in [0.4, 0.5) is 0 Å². The molecular weight excluding hydrogens is 256 g/mol. The number of hydrogen-bond donors (Lipinski definition) is 3. The summed E-state index contributed by atoms with van der Waals surface area (Å²) in [6.45, 7) is 3.03. The van der Waals surface area contributed by atoms with E-state index in [0.717, 1.165) is 0 Å². The van der Waals surface area contributed by atoms with Gasteiger partial charge in [-0.3, -0.25) is 14.3 Å². The van der Waals surface area contributed by atoms with E-state index >= 15 is 0 Å². The number of ether oxygens (including phenoxy) is 1. The van der Waals surface area contributed by atoms with E-state index < -0.39 is 17.9 Å². The zero-order chi connectivity index (χ0) is 13.5. The van der Waals surface area contributed by atoms with Crippen molar-refractivity contribution in [3.05, 3.63) is 26.9 Å². The fourth-order valence-corrected chi connectivity index (χ4v) is 2.25. The number of aliphatic hydroxyl groups is 2. The van der Waals surface area contributed by atoms with Gasteiger partial charge in [0.25, 0.3) is 5.56 Å². The number of aromatic nitrogens is 2. The largest absolute Gasteiger partial charge is 0.393 e. The summed E-state index contributed by atoms with van der Waals surface area (Å²) in [5, 5.41) is 19.1. The third-order valence-electron chi connectivity index (χ3n) is 3.31. The van der Waals surface area contributed by atoms with E-state index in [4.69, 9.17) is 17.0 Å². The predicted molar refractivity (Wildman–Crippen MR) is 66.9 cm³/mol. The Bertz CT molecular complexity index is 567. The van der Waals surface area contributed by atoms with Crippen LogP contribution in [0, 0.1) is 11.7 Å². The molecule has 100 valence electrons. The number of H-pyrrole nitrogens is 1. The van der Waals surface area contributed by atoms with Gasteiger partial charge in [-0.2, -0.15) is 0 Å². The second-order valence-electron chi connectivity index (χ2n) is 4.77. The molecule has 1 aromatic rings. The fourth-order valence-electron chi connectivity index (χ4n) is 1.99. The number of nitrogens with one attached hydrogen (secondary N) is 1. The molecule has 1 saturated heterocycles. The van der Waals surface area contributed by atoms with Crippen LogP contribution in [0.2, 0.25) is 0 Å². The second kappa shape index (κ2) is 4.58. The number of aryl methyl sites for hydroxylation is 1. The molecule has 0 bridgehead atoms. The van der Waals surface area contributed by atoms with Gasteiger partial charge < -0.3 is 14.9 Å². The molecule has 7 heteroatoms. The van der Waals surface area contributed by atoms with Crippen LogP contribution >= 0.6 is 12.2 Å². The number of hydrogen-bond acceptors (Lipinski definition) is 5. The van der Waals surface area contributed by atoms with Gasteiger partial charge in [-0.05, 0) is 26.1 Å². The van der Waals surface area contributed by atoms with Crippen molar-refractivity contribution >= 4 is 12.2 Å². The molecule has 1 aliphatic heterocycles. The fraction of sp³-hybridized carbons (Fsp3) is 0.636. The molecule has 3 N–H and O–H groups in total. The molecule has 2 heterocycles.